The molecule has 0 spiro atoms. The Bertz CT molecular complexity index is 1280. The summed E-state index contributed by atoms with van der Waals surface area (Å²) >= 11 is 6.36. The molecular formula is C29H32ClN3O4. The lowest BCUT2D eigenvalue weighted by atomic mass is 9.70. The lowest BCUT2D eigenvalue weighted by Gasteiger charge is -2.49. The molecule has 0 radical (unpaired) electrons. The molecule has 37 heavy (non-hydrogen) atoms. The van der Waals surface area contributed by atoms with Crippen LogP contribution in [-0.4, -0.2) is 46.2 Å². The first-order valence-corrected chi connectivity index (χ1v) is 13.2. The normalized spacial score (nSPS) is 24.2. The number of primary amides is 1. The van der Waals surface area contributed by atoms with Crippen LogP contribution in [-0.2, 0) is 16.0 Å². The van der Waals surface area contributed by atoms with Gasteiger partial charge in [-0.1, -0.05) is 65.3 Å². The highest BCUT2D eigenvalue weighted by Crippen LogP contribution is 2.44. The monoisotopic (exact) mass is 521 g/mol. The minimum Gasteiger partial charge on any atom is -0.445 e. The highest BCUT2D eigenvalue weighted by Gasteiger charge is 2.51. The number of carbonyl (C=O) groups excluding carboxylic acids is 2. The van der Waals surface area contributed by atoms with E-state index in [4.69, 9.17) is 26.6 Å². The highest BCUT2D eigenvalue weighted by molar-refractivity contribution is 6.33. The minimum absolute atomic E-state index is 0.0982. The molecule has 1 saturated carbocycles. The van der Waals surface area contributed by atoms with Crippen LogP contribution >= 0.6 is 11.6 Å². The van der Waals surface area contributed by atoms with Crippen LogP contribution in [0.3, 0.4) is 0 Å². The molecule has 1 aliphatic heterocycles. The van der Waals surface area contributed by atoms with Crippen LogP contribution in [0, 0.1) is 6.92 Å². The SMILES string of the molecule is Cc1onc(-c2ccccc2Cl)c1C(=O)OC1(C(N)=O)CCC(Cc2ccccc2)(N2CCCC2)CC1. The van der Waals surface area contributed by atoms with Gasteiger partial charge in [0, 0.05) is 11.1 Å². The second-order valence-corrected chi connectivity index (χ2v) is 10.7. The van der Waals surface area contributed by atoms with E-state index in [0.29, 0.717) is 47.7 Å². The molecule has 2 fully saturated rings. The first-order valence-electron chi connectivity index (χ1n) is 12.9. The van der Waals surface area contributed by atoms with Gasteiger partial charge in [-0.05, 0) is 76.6 Å². The fourth-order valence-electron chi connectivity index (χ4n) is 5.97. The molecule has 1 amide bonds. The van der Waals surface area contributed by atoms with Crippen molar-refractivity contribution in [3.05, 3.63) is 76.5 Å². The number of hydrogen-bond acceptors (Lipinski definition) is 6. The Morgan fingerprint density at radius 2 is 1.68 bits per heavy atom. The Balaban J connectivity index is 1.41. The molecule has 1 aliphatic carbocycles. The van der Waals surface area contributed by atoms with E-state index in [0.717, 1.165) is 19.5 Å². The standard InChI is InChI=1S/C29H32ClN3O4/c1-20-24(25(32-37-20)22-11-5-6-12-23(22)30)26(34)36-29(27(31)35)15-13-28(14-16-29,33-17-7-8-18-33)19-21-9-3-2-4-10-21/h2-6,9-12H,7-8,13-19H2,1H3,(H2,31,35). The number of nitrogens with two attached hydrogens (primary N) is 1. The van der Waals surface area contributed by atoms with Crippen molar-refractivity contribution in [2.45, 2.75) is 63.0 Å². The Labute approximate surface area is 221 Å². The predicted octanol–water partition coefficient (Wildman–Crippen LogP) is 5.34. The maximum atomic E-state index is 13.5. The predicted molar refractivity (Wildman–Crippen MR) is 141 cm³/mol. The second-order valence-electron chi connectivity index (χ2n) is 10.3. The third-order valence-electron chi connectivity index (χ3n) is 8.07. The van der Waals surface area contributed by atoms with E-state index in [-0.39, 0.29) is 11.1 Å². The van der Waals surface area contributed by atoms with Gasteiger partial charge in [-0.3, -0.25) is 9.69 Å². The van der Waals surface area contributed by atoms with Crippen molar-refractivity contribution in [1.29, 1.82) is 0 Å². The topological polar surface area (TPSA) is 98.7 Å². The molecule has 194 valence electrons. The van der Waals surface area contributed by atoms with Crippen molar-refractivity contribution in [2.24, 2.45) is 5.73 Å². The molecule has 8 heteroatoms. The third kappa shape index (κ3) is 4.90. The van der Waals surface area contributed by atoms with Gasteiger partial charge < -0.3 is 15.0 Å². The average Bonchev–Trinajstić information content (AvgIpc) is 3.57. The van der Waals surface area contributed by atoms with E-state index in [2.05, 4.69) is 34.3 Å². The van der Waals surface area contributed by atoms with Crippen molar-refractivity contribution < 1.29 is 18.8 Å². The van der Waals surface area contributed by atoms with E-state index in [1.54, 1.807) is 31.2 Å². The molecule has 2 aromatic carbocycles. The number of carbonyl (C=O) groups is 2. The van der Waals surface area contributed by atoms with E-state index in [1.165, 1.54) is 18.4 Å². The number of esters is 1. The number of amides is 1. The Hall–Kier alpha value is -3.16. The fraction of sp³-hybridized carbons (Fsp3) is 0.414. The van der Waals surface area contributed by atoms with Gasteiger partial charge in [0.15, 0.2) is 5.60 Å². The molecule has 0 bridgehead atoms. The Morgan fingerprint density at radius 3 is 2.32 bits per heavy atom. The maximum absolute atomic E-state index is 13.5. The van der Waals surface area contributed by atoms with Crippen molar-refractivity contribution >= 4 is 23.5 Å². The number of rotatable bonds is 7. The minimum atomic E-state index is -1.39. The van der Waals surface area contributed by atoms with Gasteiger partial charge >= 0.3 is 5.97 Å². The van der Waals surface area contributed by atoms with Gasteiger partial charge in [0.1, 0.15) is 17.0 Å². The number of likely N-dealkylation sites (tertiary alicyclic amines) is 1. The van der Waals surface area contributed by atoms with Crippen molar-refractivity contribution in [1.82, 2.24) is 10.1 Å². The summed E-state index contributed by atoms with van der Waals surface area (Å²) in [6, 6.07) is 17.5. The molecule has 2 N–H and O–H groups in total. The number of aryl methyl sites for hydroxylation is 1. The summed E-state index contributed by atoms with van der Waals surface area (Å²) in [6.07, 6.45) is 5.37. The Morgan fingerprint density at radius 1 is 1.03 bits per heavy atom. The summed E-state index contributed by atoms with van der Waals surface area (Å²) < 4.78 is 11.3. The van der Waals surface area contributed by atoms with E-state index >= 15 is 0 Å². The fourth-order valence-corrected chi connectivity index (χ4v) is 6.19. The smallest absolute Gasteiger partial charge is 0.345 e. The van der Waals surface area contributed by atoms with Crippen LogP contribution in [0.2, 0.25) is 5.02 Å². The highest BCUT2D eigenvalue weighted by atomic mass is 35.5. The average molecular weight is 522 g/mol. The van der Waals surface area contributed by atoms with Crippen LogP contribution in [0.25, 0.3) is 11.3 Å². The van der Waals surface area contributed by atoms with Gasteiger partial charge in [-0.25, -0.2) is 4.79 Å². The summed E-state index contributed by atoms with van der Waals surface area (Å²) in [6.45, 7) is 3.72. The van der Waals surface area contributed by atoms with Crippen molar-refractivity contribution in [2.75, 3.05) is 13.1 Å². The molecule has 3 aromatic rings. The van der Waals surface area contributed by atoms with Crippen LogP contribution in [0.5, 0.6) is 0 Å². The third-order valence-corrected chi connectivity index (χ3v) is 8.40. The molecular weight excluding hydrogens is 490 g/mol. The number of nitrogens with zero attached hydrogens (tertiary/aromatic N) is 2. The summed E-state index contributed by atoms with van der Waals surface area (Å²) in [5, 5.41) is 4.50. The largest absolute Gasteiger partial charge is 0.445 e. The second kappa shape index (κ2) is 10.3. The number of benzene rings is 2. The summed E-state index contributed by atoms with van der Waals surface area (Å²) in [4.78, 5) is 28.9. The summed E-state index contributed by atoms with van der Waals surface area (Å²) in [5.41, 5.74) is 6.71. The summed E-state index contributed by atoms with van der Waals surface area (Å²) in [7, 11) is 0. The molecule has 1 saturated heterocycles. The lowest BCUT2D eigenvalue weighted by molar-refractivity contribution is -0.144. The van der Waals surface area contributed by atoms with Crippen LogP contribution in [0.1, 0.15) is 60.2 Å². The van der Waals surface area contributed by atoms with Crippen LogP contribution in [0.15, 0.2) is 59.1 Å². The van der Waals surface area contributed by atoms with Gasteiger partial charge in [0.05, 0.1) is 5.02 Å². The Kier molecular flexibility index (Phi) is 7.10. The first kappa shape index (κ1) is 25.5. The van der Waals surface area contributed by atoms with Gasteiger partial charge in [0.25, 0.3) is 5.91 Å². The number of ether oxygens (including phenoxy) is 1. The number of hydrogen-bond donors (Lipinski definition) is 1. The van der Waals surface area contributed by atoms with Gasteiger partial charge in [-0.2, -0.15) is 0 Å². The van der Waals surface area contributed by atoms with E-state index < -0.39 is 17.5 Å². The first-order chi connectivity index (χ1) is 17.8. The van der Waals surface area contributed by atoms with Crippen LogP contribution in [0.4, 0.5) is 0 Å². The number of halogens is 1. The summed E-state index contributed by atoms with van der Waals surface area (Å²) in [5.74, 6) is -1.00. The zero-order valence-corrected chi connectivity index (χ0v) is 21.8. The van der Waals surface area contributed by atoms with Crippen LogP contribution < -0.4 is 5.73 Å². The maximum Gasteiger partial charge on any atom is 0.345 e. The van der Waals surface area contributed by atoms with E-state index in [9.17, 15) is 9.59 Å². The quantitative estimate of drug-likeness (QED) is 0.421. The molecule has 5 rings (SSSR count). The van der Waals surface area contributed by atoms with Crippen molar-refractivity contribution in [3.8, 4) is 11.3 Å². The molecule has 1 aromatic heterocycles. The molecule has 2 heterocycles. The lowest BCUT2D eigenvalue weighted by Crippen LogP contribution is -2.58. The molecule has 0 unspecified atom stereocenters. The van der Waals surface area contributed by atoms with Gasteiger partial charge in [0.2, 0.25) is 0 Å². The molecule has 0 atom stereocenters. The number of aromatic nitrogens is 1. The zero-order valence-electron chi connectivity index (χ0n) is 21.0. The van der Waals surface area contributed by atoms with E-state index in [1.807, 2.05) is 6.07 Å². The molecule has 7 nitrogen and oxygen atoms in total. The zero-order chi connectivity index (χ0) is 26.0. The molecule has 2 aliphatic rings. The van der Waals surface area contributed by atoms with Crippen molar-refractivity contribution in [3.63, 3.8) is 0 Å². The van der Waals surface area contributed by atoms with Gasteiger partial charge in [-0.15, -0.1) is 0 Å².